The first-order valence-corrected chi connectivity index (χ1v) is 15.2. The van der Waals surface area contributed by atoms with Crippen LogP contribution in [0.15, 0.2) is 107 Å². The Kier molecular flexibility index (Phi) is 8.93. The van der Waals surface area contributed by atoms with Crippen LogP contribution in [-0.2, 0) is 20.4 Å². The summed E-state index contributed by atoms with van der Waals surface area (Å²) in [6.45, 7) is 5.59. The molecule has 0 amide bonds. The quantitative estimate of drug-likeness (QED) is 0.201. The summed E-state index contributed by atoms with van der Waals surface area (Å²) in [6.07, 6.45) is 2.46. The van der Waals surface area contributed by atoms with Crippen LogP contribution in [0.4, 0.5) is 5.69 Å². The van der Waals surface area contributed by atoms with Crippen molar-refractivity contribution in [2.24, 2.45) is 0 Å². The summed E-state index contributed by atoms with van der Waals surface area (Å²) in [7, 11) is 1.65. The second-order valence-electron chi connectivity index (χ2n) is 12.1. The number of aliphatic carboxylic acids is 2. The first kappa shape index (κ1) is 31.7. The van der Waals surface area contributed by atoms with Crippen LogP contribution in [0.5, 0.6) is 0 Å². The van der Waals surface area contributed by atoms with Gasteiger partial charge in [-0.25, -0.2) is 9.59 Å². The van der Waals surface area contributed by atoms with Crippen molar-refractivity contribution in [3.63, 3.8) is 0 Å². The van der Waals surface area contributed by atoms with E-state index >= 15 is 0 Å². The number of nitrogens with zero attached hydrogens (tertiary/aromatic N) is 3. The molecule has 2 aliphatic heterocycles. The summed E-state index contributed by atoms with van der Waals surface area (Å²) < 4.78 is 0. The van der Waals surface area contributed by atoms with Crippen molar-refractivity contribution in [1.29, 1.82) is 0 Å². The van der Waals surface area contributed by atoms with Crippen LogP contribution in [0.1, 0.15) is 56.2 Å². The van der Waals surface area contributed by atoms with Gasteiger partial charge in [0.1, 0.15) is 0 Å². The van der Waals surface area contributed by atoms with E-state index in [2.05, 4.69) is 53.4 Å². The number of benzene rings is 3. The summed E-state index contributed by atoms with van der Waals surface area (Å²) in [5.74, 6) is -2.49. The zero-order chi connectivity index (χ0) is 32.4. The molecule has 1 fully saturated rings. The van der Waals surface area contributed by atoms with Crippen molar-refractivity contribution in [2.75, 3.05) is 26.7 Å². The SMILES string of the molecule is CC1=C(C(=O)O)C(CCCN2CCC(c3ccccc3)(c3ccccc3)CC2)(c2cccc([N+](=O)[O-])c2)C(C(=O)O)=C(C)N1C. The van der Waals surface area contributed by atoms with Gasteiger partial charge in [0.25, 0.3) is 5.69 Å². The first-order chi connectivity index (χ1) is 21.5. The van der Waals surface area contributed by atoms with Gasteiger partial charge in [0.2, 0.25) is 0 Å². The average Bonchev–Trinajstić information content (AvgIpc) is 3.04. The van der Waals surface area contributed by atoms with E-state index < -0.39 is 22.3 Å². The van der Waals surface area contributed by atoms with Gasteiger partial charge >= 0.3 is 11.9 Å². The van der Waals surface area contributed by atoms with Gasteiger partial charge in [-0.15, -0.1) is 0 Å². The summed E-state index contributed by atoms with van der Waals surface area (Å²) >= 11 is 0. The number of carbonyl (C=O) groups is 2. The number of nitro benzene ring substituents is 1. The highest BCUT2D eigenvalue weighted by molar-refractivity contribution is 6.00. The molecule has 0 saturated carbocycles. The lowest BCUT2D eigenvalue weighted by Crippen LogP contribution is -2.46. The Morgan fingerprint density at radius 1 is 0.800 bits per heavy atom. The number of allylic oxidation sites excluding steroid dienone is 2. The van der Waals surface area contributed by atoms with Crippen molar-refractivity contribution in [2.45, 2.75) is 50.4 Å². The fraction of sp³-hybridized carbons (Fsp3) is 0.333. The lowest BCUT2D eigenvalue weighted by atomic mass is 9.63. The lowest BCUT2D eigenvalue weighted by molar-refractivity contribution is -0.385. The minimum absolute atomic E-state index is 0.0701. The average molecular weight is 610 g/mol. The molecule has 2 heterocycles. The number of carboxylic acids is 2. The number of hydrogen-bond acceptors (Lipinski definition) is 6. The fourth-order valence-corrected chi connectivity index (χ4v) is 7.56. The van der Waals surface area contributed by atoms with Crippen LogP contribution in [-0.4, -0.2) is 63.6 Å². The molecule has 0 atom stereocenters. The number of rotatable bonds is 10. The molecular weight excluding hydrogens is 570 g/mol. The molecule has 5 rings (SSSR count). The number of nitro groups is 1. The summed E-state index contributed by atoms with van der Waals surface area (Å²) in [5, 5.41) is 32.9. The smallest absolute Gasteiger partial charge is 0.334 e. The molecule has 3 aromatic carbocycles. The molecule has 234 valence electrons. The number of carboxylic acid groups (broad SMARTS) is 2. The highest BCUT2D eigenvalue weighted by atomic mass is 16.6. The van der Waals surface area contributed by atoms with E-state index in [1.165, 1.54) is 29.3 Å². The van der Waals surface area contributed by atoms with Crippen LogP contribution in [0.25, 0.3) is 0 Å². The van der Waals surface area contributed by atoms with Crippen LogP contribution in [0, 0.1) is 10.1 Å². The molecule has 0 radical (unpaired) electrons. The first-order valence-electron chi connectivity index (χ1n) is 15.2. The lowest BCUT2D eigenvalue weighted by Gasteiger charge is -2.45. The van der Waals surface area contributed by atoms with E-state index in [0.717, 1.165) is 25.9 Å². The fourth-order valence-electron chi connectivity index (χ4n) is 7.56. The highest BCUT2D eigenvalue weighted by Gasteiger charge is 2.51. The minimum Gasteiger partial charge on any atom is -0.478 e. The highest BCUT2D eigenvalue weighted by Crippen LogP contribution is 2.50. The summed E-state index contributed by atoms with van der Waals surface area (Å²) in [5.41, 5.74) is 1.61. The van der Waals surface area contributed by atoms with Crippen molar-refractivity contribution < 1.29 is 24.7 Å². The molecular formula is C36H39N3O6. The standard InChI is InChI=1S/C36H39N3O6/c1-25-31(33(40)41)36(32(34(42)43)26(2)37(25)3,29-16-10-17-30(24-29)39(44)45)18-11-21-38-22-19-35(20-23-38,27-12-6-4-7-13-27)28-14-8-5-9-15-28/h4-10,12-17,24H,11,18-23H2,1-3H3,(H,40,41)(H,42,43). The monoisotopic (exact) mass is 609 g/mol. The zero-order valence-corrected chi connectivity index (χ0v) is 25.9. The summed E-state index contributed by atoms with van der Waals surface area (Å²) in [6, 6.07) is 26.9. The van der Waals surface area contributed by atoms with Crippen LogP contribution in [0.2, 0.25) is 0 Å². The van der Waals surface area contributed by atoms with E-state index in [-0.39, 0.29) is 28.7 Å². The molecule has 9 heteroatoms. The molecule has 0 aromatic heterocycles. The third kappa shape index (κ3) is 5.64. The normalized spacial score (nSPS) is 18.2. The largest absolute Gasteiger partial charge is 0.478 e. The Morgan fingerprint density at radius 2 is 1.29 bits per heavy atom. The van der Waals surface area contributed by atoms with E-state index in [0.29, 0.717) is 29.9 Å². The van der Waals surface area contributed by atoms with Crippen molar-refractivity contribution >= 4 is 17.6 Å². The van der Waals surface area contributed by atoms with E-state index in [4.69, 9.17) is 0 Å². The van der Waals surface area contributed by atoms with Crippen molar-refractivity contribution in [1.82, 2.24) is 9.80 Å². The van der Waals surface area contributed by atoms with Crippen LogP contribution >= 0.6 is 0 Å². The topological polar surface area (TPSA) is 124 Å². The van der Waals surface area contributed by atoms with Gasteiger partial charge in [-0.05, 0) is 75.9 Å². The molecule has 0 unspecified atom stereocenters. The Bertz CT molecular complexity index is 1580. The van der Waals surface area contributed by atoms with Gasteiger partial charge < -0.3 is 20.0 Å². The number of likely N-dealkylation sites (tertiary alicyclic amines) is 1. The van der Waals surface area contributed by atoms with Gasteiger partial charge in [-0.3, -0.25) is 10.1 Å². The van der Waals surface area contributed by atoms with Gasteiger partial charge in [0.15, 0.2) is 0 Å². The second kappa shape index (κ2) is 12.7. The predicted octanol–water partition coefficient (Wildman–Crippen LogP) is 6.36. The zero-order valence-electron chi connectivity index (χ0n) is 25.9. The Morgan fingerprint density at radius 3 is 1.76 bits per heavy atom. The molecule has 0 aliphatic carbocycles. The maximum Gasteiger partial charge on any atom is 0.334 e. The molecule has 45 heavy (non-hydrogen) atoms. The van der Waals surface area contributed by atoms with Gasteiger partial charge in [0, 0.05) is 36.0 Å². The van der Waals surface area contributed by atoms with E-state index in [1.807, 2.05) is 12.1 Å². The van der Waals surface area contributed by atoms with Crippen molar-refractivity contribution in [3.8, 4) is 0 Å². The summed E-state index contributed by atoms with van der Waals surface area (Å²) in [4.78, 5) is 41.1. The van der Waals surface area contributed by atoms with E-state index in [1.54, 1.807) is 31.9 Å². The maximum atomic E-state index is 13.0. The number of non-ortho nitro benzene ring substituents is 1. The molecule has 2 N–H and O–H groups in total. The maximum absolute atomic E-state index is 13.0. The Labute approximate surface area is 263 Å². The van der Waals surface area contributed by atoms with Gasteiger partial charge in [-0.1, -0.05) is 72.8 Å². The van der Waals surface area contributed by atoms with Crippen LogP contribution < -0.4 is 0 Å². The molecule has 0 bridgehead atoms. The third-order valence-corrected chi connectivity index (χ3v) is 9.95. The van der Waals surface area contributed by atoms with Gasteiger partial charge in [0.05, 0.1) is 21.5 Å². The second-order valence-corrected chi connectivity index (χ2v) is 12.1. The van der Waals surface area contributed by atoms with Crippen molar-refractivity contribution in [3.05, 3.63) is 134 Å². The number of piperidine rings is 1. The molecule has 0 spiro atoms. The molecule has 9 nitrogen and oxygen atoms in total. The predicted molar refractivity (Wildman–Crippen MR) is 172 cm³/mol. The Balaban J connectivity index is 1.48. The Hall–Kier alpha value is -4.76. The minimum atomic E-state index is -1.59. The van der Waals surface area contributed by atoms with Gasteiger partial charge in [-0.2, -0.15) is 0 Å². The molecule has 1 saturated heterocycles. The molecule has 3 aromatic rings. The van der Waals surface area contributed by atoms with Crippen LogP contribution in [0.3, 0.4) is 0 Å². The van der Waals surface area contributed by atoms with E-state index in [9.17, 15) is 29.9 Å². The third-order valence-electron chi connectivity index (χ3n) is 9.95. The number of hydrogen-bond donors (Lipinski definition) is 2. The molecule has 2 aliphatic rings.